The number of hydrogen-bond acceptors (Lipinski definition) is 4. The minimum Gasteiger partial charge on any atom is -0.501 e. The standard InChI is InChI=1S/C11H12O4/c1-13-8-3-4-9-7(5-8)6-10(14-2)15-11(9)12/h5-6H,3-4H2,1-2H3. The van der Waals surface area contributed by atoms with E-state index < -0.39 is 0 Å². The van der Waals surface area contributed by atoms with E-state index in [1.807, 2.05) is 6.08 Å². The van der Waals surface area contributed by atoms with Gasteiger partial charge < -0.3 is 13.9 Å². The Bertz CT molecular complexity index is 456. The van der Waals surface area contributed by atoms with Crippen molar-refractivity contribution in [2.75, 3.05) is 14.2 Å². The molecule has 1 aliphatic rings. The van der Waals surface area contributed by atoms with Gasteiger partial charge in [-0.3, -0.25) is 0 Å². The summed E-state index contributed by atoms with van der Waals surface area (Å²) < 4.78 is 15.0. The minimum atomic E-state index is -0.323. The van der Waals surface area contributed by atoms with Crippen LogP contribution in [0.25, 0.3) is 6.08 Å². The predicted octanol–water partition coefficient (Wildman–Crippen LogP) is 1.58. The molecule has 15 heavy (non-hydrogen) atoms. The Morgan fingerprint density at radius 2 is 2.07 bits per heavy atom. The second-order valence-electron chi connectivity index (χ2n) is 3.31. The maximum atomic E-state index is 11.5. The Kier molecular flexibility index (Phi) is 2.49. The fraction of sp³-hybridized carbons (Fsp3) is 0.364. The van der Waals surface area contributed by atoms with Crippen molar-refractivity contribution in [3.05, 3.63) is 33.4 Å². The third kappa shape index (κ3) is 1.75. The monoisotopic (exact) mass is 208 g/mol. The van der Waals surface area contributed by atoms with Gasteiger partial charge in [-0.15, -0.1) is 0 Å². The van der Waals surface area contributed by atoms with Gasteiger partial charge in [0.15, 0.2) is 0 Å². The zero-order valence-electron chi connectivity index (χ0n) is 8.70. The van der Waals surface area contributed by atoms with Gasteiger partial charge in [0.05, 0.1) is 20.0 Å². The first kappa shape index (κ1) is 9.83. The quantitative estimate of drug-likeness (QED) is 0.740. The maximum absolute atomic E-state index is 11.5. The summed E-state index contributed by atoms with van der Waals surface area (Å²) in [6.45, 7) is 0. The number of methoxy groups -OCH3 is 2. The molecule has 0 atom stereocenters. The first-order chi connectivity index (χ1) is 7.24. The van der Waals surface area contributed by atoms with Crippen LogP contribution in [0.15, 0.2) is 21.0 Å². The van der Waals surface area contributed by atoms with Gasteiger partial charge in [0.1, 0.15) is 0 Å². The summed E-state index contributed by atoms with van der Waals surface area (Å²) in [4.78, 5) is 11.5. The van der Waals surface area contributed by atoms with Crippen molar-refractivity contribution in [2.24, 2.45) is 0 Å². The van der Waals surface area contributed by atoms with E-state index in [0.29, 0.717) is 12.0 Å². The van der Waals surface area contributed by atoms with E-state index in [2.05, 4.69) is 0 Å². The van der Waals surface area contributed by atoms with Crippen LogP contribution in [0.4, 0.5) is 0 Å². The molecule has 0 amide bonds. The molecule has 0 fully saturated rings. The normalized spacial score (nSPS) is 14.1. The highest BCUT2D eigenvalue weighted by atomic mass is 16.6. The molecule has 1 aromatic heterocycles. The third-order valence-electron chi connectivity index (χ3n) is 2.46. The summed E-state index contributed by atoms with van der Waals surface area (Å²) in [6, 6.07) is 1.70. The van der Waals surface area contributed by atoms with Gasteiger partial charge in [0, 0.05) is 18.1 Å². The Balaban J connectivity index is 2.54. The van der Waals surface area contributed by atoms with Crippen LogP contribution in [0, 0.1) is 0 Å². The fourth-order valence-corrected chi connectivity index (χ4v) is 1.64. The van der Waals surface area contributed by atoms with E-state index in [1.165, 1.54) is 7.11 Å². The molecule has 0 radical (unpaired) electrons. The van der Waals surface area contributed by atoms with Crippen molar-refractivity contribution in [3.8, 4) is 5.95 Å². The highest BCUT2D eigenvalue weighted by Gasteiger charge is 2.16. The molecule has 0 unspecified atom stereocenters. The van der Waals surface area contributed by atoms with Crippen molar-refractivity contribution < 1.29 is 13.9 Å². The van der Waals surface area contributed by atoms with Crippen LogP contribution < -0.4 is 10.4 Å². The topological polar surface area (TPSA) is 48.7 Å². The molecule has 4 heteroatoms. The van der Waals surface area contributed by atoms with E-state index in [-0.39, 0.29) is 11.6 Å². The summed E-state index contributed by atoms with van der Waals surface area (Å²) >= 11 is 0. The maximum Gasteiger partial charge on any atom is 0.342 e. The molecular weight excluding hydrogens is 196 g/mol. The van der Waals surface area contributed by atoms with Gasteiger partial charge in [0.2, 0.25) is 0 Å². The van der Waals surface area contributed by atoms with E-state index in [4.69, 9.17) is 13.9 Å². The van der Waals surface area contributed by atoms with Gasteiger partial charge in [-0.2, -0.15) is 0 Å². The molecule has 1 aromatic rings. The van der Waals surface area contributed by atoms with Crippen LogP contribution in [0.2, 0.25) is 0 Å². The van der Waals surface area contributed by atoms with Crippen molar-refractivity contribution in [3.63, 3.8) is 0 Å². The number of hydrogen-bond donors (Lipinski definition) is 0. The van der Waals surface area contributed by atoms with Crippen LogP contribution in [-0.2, 0) is 11.2 Å². The lowest BCUT2D eigenvalue weighted by Crippen LogP contribution is -2.13. The highest BCUT2D eigenvalue weighted by Crippen LogP contribution is 2.24. The van der Waals surface area contributed by atoms with Crippen molar-refractivity contribution in [1.82, 2.24) is 0 Å². The average molecular weight is 208 g/mol. The second-order valence-corrected chi connectivity index (χ2v) is 3.31. The molecule has 1 heterocycles. The molecule has 2 rings (SSSR count). The number of ether oxygens (including phenoxy) is 2. The summed E-state index contributed by atoms with van der Waals surface area (Å²) in [6.07, 6.45) is 3.24. The smallest absolute Gasteiger partial charge is 0.342 e. The van der Waals surface area contributed by atoms with E-state index in [0.717, 1.165) is 17.7 Å². The number of rotatable bonds is 2. The average Bonchev–Trinajstić information content (AvgIpc) is 2.28. The Hall–Kier alpha value is -1.71. The van der Waals surface area contributed by atoms with Gasteiger partial charge in [-0.1, -0.05) is 0 Å². The van der Waals surface area contributed by atoms with Crippen molar-refractivity contribution in [2.45, 2.75) is 12.8 Å². The molecule has 4 nitrogen and oxygen atoms in total. The van der Waals surface area contributed by atoms with Gasteiger partial charge >= 0.3 is 5.63 Å². The van der Waals surface area contributed by atoms with E-state index >= 15 is 0 Å². The van der Waals surface area contributed by atoms with E-state index in [9.17, 15) is 4.79 Å². The van der Waals surface area contributed by atoms with Crippen LogP contribution in [0.5, 0.6) is 5.95 Å². The summed E-state index contributed by atoms with van der Waals surface area (Å²) in [5, 5.41) is 0. The first-order valence-electron chi connectivity index (χ1n) is 4.70. The largest absolute Gasteiger partial charge is 0.501 e. The van der Waals surface area contributed by atoms with Crippen molar-refractivity contribution >= 4 is 6.08 Å². The lowest BCUT2D eigenvalue weighted by atomic mass is 9.99. The SMILES string of the molecule is COC1=Cc2cc(OC)oc(=O)c2CC1. The molecule has 0 saturated carbocycles. The van der Waals surface area contributed by atoms with Crippen LogP contribution >= 0.6 is 0 Å². The lowest BCUT2D eigenvalue weighted by molar-refractivity contribution is 0.273. The zero-order valence-corrected chi connectivity index (χ0v) is 8.70. The molecule has 0 bridgehead atoms. The first-order valence-corrected chi connectivity index (χ1v) is 4.70. The molecule has 0 aliphatic heterocycles. The van der Waals surface area contributed by atoms with Gasteiger partial charge in [-0.25, -0.2) is 4.79 Å². The second kappa shape index (κ2) is 3.81. The number of fused-ring (bicyclic) bond motifs is 1. The fourth-order valence-electron chi connectivity index (χ4n) is 1.64. The summed E-state index contributed by atoms with van der Waals surface area (Å²) in [5.41, 5.74) is 1.19. The van der Waals surface area contributed by atoms with Crippen LogP contribution in [0.1, 0.15) is 17.5 Å². The molecular formula is C11H12O4. The molecule has 0 N–H and O–H groups in total. The highest BCUT2D eigenvalue weighted by molar-refractivity contribution is 5.58. The Labute approximate surface area is 87.1 Å². The Morgan fingerprint density at radius 1 is 1.27 bits per heavy atom. The molecule has 0 aromatic carbocycles. The van der Waals surface area contributed by atoms with Gasteiger partial charge in [0.25, 0.3) is 5.95 Å². The molecule has 80 valence electrons. The molecule has 0 saturated heterocycles. The van der Waals surface area contributed by atoms with Crippen molar-refractivity contribution in [1.29, 1.82) is 0 Å². The molecule has 0 spiro atoms. The van der Waals surface area contributed by atoms with Crippen LogP contribution in [0.3, 0.4) is 0 Å². The van der Waals surface area contributed by atoms with Gasteiger partial charge in [-0.05, 0) is 18.1 Å². The van der Waals surface area contributed by atoms with E-state index in [1.54, 1.807) is 13.2 Å². The Morgan fingerprint density at radius 3 is 2.73 bits per heavy atom. The number of allylic oxidation sites excluding steroid dienone is 1. The predicted molar refractivity (Wildman–Crippen MR) is 54.8 cm³/mol. The zero-order chi connectivity index (χ0) is 10.8. The minimum absolute atomic E-state index is 0.229. The van der Waals surface area contributed by atoms with Crippen LogP contribution in [-0.4, -0.2) is 14.2 Å². The summed E-state index contributed by atoms with van der Waals surface area (Å²) in [7, 11) is 3.09. The third-order valence-corrected chi connectivity index (χ3v) is 2.46. The summed E-state index contributed by atoms with van der Waals surface area (Å²) in [5.74, 6) is 1.10. The lowest BCUT2D eigenvalue weighted by Gasteiger charge is -2.14. The molecule has 1 aliphatic carbocycles.